The SMILES string of the molecule is c1cnc2c(c1)Cc1nccnc1-2. The zero-order valence-electron chi connectivity index (χ0n) is 6.94. The fourth-order valence-electron chi connectivity index (χ4n) is 1.67. The Labute approximate surface area is 75.5 Å². The van der Waals surface area contributed by atoms with Crippen LogP contribution in [0.4, 0.5) is 0 Å². The van der Waals surface area contributed by atoms with E-state index in [1.165, 1.54) is 5.56 Å². The number of aromatic nitrogens is 3. The highest BCUT2D eigenvalue weighted by molar-refractivity contribution is 5.67. The highest BCUT2D eigenvalue weighted by Gasteiger charge is 2.20. The van der Waals surface area contributed by atoms with E-state index in [0.29, 0.717) is 0 Å². The lowest BCUT2D eigenvalue weighted by molar-refractivity contribution is 1.08. The van der Waals surface area contributed by atoms with Crippen LogP contribution >= 0.6 is 0 Å². The van der Waals surface area contributed by atoms with Gasteiger partial charge in [-0.25, -0.2) is 0 Å². The predicted octanol–water partition coefficient (Wildman–Crippen LogP) is 1.44. The highest BCUT2D eigenvalue weighted by Crippen LogP contribution is 2.30. The molecule has 3 rings (SSSR count). The standard InChI is InChI=1S/C10H7N3/c1-2-7-6-8-10(9(7)12-3-1)13-5-4-11-8/h1-5H,6H2. The van der Waals surface area contributed by atoms with Gasteiger partial charge in [0.2, 0.25) is 0 Å². The van der Waals surface area contributed by atoms with E-state index in [1.807, 2.05) is 6.07 Å². The van der Waals surface area contributed by atoms with Crippen LogP contribution < -0.4 is 0 Å². The molecule has 0 atom stereocenters. The maximum Gasteiger partial charge on any atom is 0.111 e. The first-order valence-electron chi connectivity index (χ1n) is 4.19. The minimum Gasteiger partial charge on any atom is -0.257 e. The predicted molar refractivity (Wildman–Crippen MR) is 48.1 cm³/mol. The van der Waals surface area contributed by atoms with Crippen molar-refractivity contribution in [2.24, 2.45) is 0 Å². The molecular weight excluding hydrogens is 162 g/mol. The maximum absolute atomic E-state index is 4.30. The second kappa shape index (κ2) is 2.36. The first kappa shape index (κ1) is 6.71. The van der Waals surface area contributed by atoms with Gasteiger partial charge in [0, 0.05) is 25.0 Å². The van der Waals surface area contributed by atoms with Crippen LogP contribution in [0.3, 0.4) is 0 Å². The summed E-state index contributed by atoms with van der Waals surface area (Å²) in [6.07, 6.45) is 6.10. The minimum absolute atomic E-state index is 0.867. The Morgan fingerprint density at radius 2 is 1.77 bits per heavy atom. The Bertz CT molecular complexity index is 422. The molecule has 62 valence electrons. The first-order valence-corrected chi connectivity index (χ1v) is 4.19. The van der Waals surface area contributed by atoms with Crippen molar-refractivity contribution in [3.8, 4) is 11.4 Å². The van der Waals surface area contributed by atoms with E-state index >= 15 is 0 Å². The molecule has 0 fully saturated rings. The van der Waals surface area contributed by atoms with Gasteiger partial charge in [0.15, 0.2) is 0 Å². The molecule has 2 heterocycles. The molecule has 0 aliphatic heterocycles. The van der Waals surface area contributed by atoms with E-state index < -0.39 is 0 Å². The minimum atomic E-state index is 0.867. The van der Waals surface area contributed by atoms with Gasteiger partial charge in [0.1, 0.15) is 5.69 Å². The Kier molecular flexibility index (Phi) is 1.22. The monoisotopic (exact) mass is 169 g/mol. The summed E-state index contributed by atoms with van der Waals surface area (Å²) in [5, 5.41) is 0. The van der Waals surface area contributed by atoms with Crippen LogP contribution in [0.25, 0.3) is 11.4 Å². The van der Waals surface area contributed by atoms with E-state index in [-0.39, 0.29) is 0 Å². The average Bonchev–Trinajstić information content (AvgIpc) is 2.56. The number of pyridine rings is 1. The molecule has 0 saturated carbocycles. The summed E-state index contributed by atoms with van der Waals surface area (Å²) >= 11 is 0. The molecule has 0 saturated heterocycles. The molecule has 1 aliphatic rings. The van der Waals surface area contributed by atoms with Gasteiger partial charge >= 0.3 is 0 Å². The second-order valence-corrected chi connectivity index (χ2v) is 3.04. The third-order valence-corrected chi connectivity index (χ3v) is 2.25. The summed E-state index contributed by atoms with van der Waals surface area (Å²) in [6, 6.07) is 4.02. The summed E-state index contributed by atoms with van der Waals surface area (Å²) in [5.41, 5.74) is 4.20. The summed E-state index contributed by atoms with van der Waals surface area (Å²) in [4.78, 5) is 12.8. The Morgan fingerprint density at radius 3 is 2.77 bits per heavy atom. The van der Waals surface area contributed by atoms with Crippen LogP contribution in [0.5, 0.6) is 0 Å². The van der Waals surface area contributed by atoms with Gasteiger partial charge in [-0.1, -0.05) is 6.07 Å². The lowest BCUT2D eigenvalue weighted by Gasteiger charge is -1.95. The van der Waals surface area contributed by atoms with E-state index in [0.717, 1.165) is 23.5 Å². The fourth-order valence-corrected chi connectivity index (χ4v) is 1.67. The topological polar surface area (TPSA) is 38.7 Å². The third kappa shape index (κ3) is 0.869. The molecule has 0 bridgehead atoms. The van der Waals surface area contributed by atoms with Crippen molar-refractivity contribution in [1.82, 2.24) is 15.0 Å². The van der Waals surface area contributed by atoms with Crippen molar-refractivity contribution in [3.63, 3.8) is 0 Å². The molecule has 1 aliphatic carbocycles. The van der Waals surface area contributed by atoms with Crippen molar-refractivity contribution in [3.05, 3.63) is 42.0 Å². The molecule has 2 aromatic heterocycles. The molecule has 0 radical (unpaired) electrons. The van der Waals surface area contributed by atoms with Gasteiger partial charge in [-0.2, -0.15) is 0 Å². The van der Waals surface area contributed by atoms with Gasteiger partial charge in [0.05, 0.1) is 11.4 Å². The molecule has 0 N–H and O–H groups in total. The van der Waals surface area contributed by atoms with E-state index in [1.54, 1.807) is 18.6 Å². The fraction of sp³-hybridized carbons (Fsp3) is 0.100. The number of rotatable bonds is 0. The molecule has 0 unspecified atom stereocenters. The maximum atomic E-state index is 4.30. The third-order valence-electron chi connectivity index (χ3n) is 2.25. The Hall–Kier alpha value is -1.77. The van der Waals surface area contributed by atoms with Crippen LogP contribution in [0, 0.1) is 0 Å². The summed E-state index contributed by atoms with van der Waals surface area (Å²) in [6.45, 7) is 0. The summed E-state index contributed by atoms with van der Waals surface area (Å²) in [7, 11) is 0. The van der Waals surface area contributed by atoms with Crippen LogP contribution in [-0.2, 0) is 6.42 Å². The molecule has 0 amide bonds. The Balaban J connectivity index is 2.32. The average molecular weight is 169 g/mol. The van der Waals surface area contributed by atoms with Crippen LogP contribution in [0.1, 0.15) is 11.3 Å². The van der Waals surface area contributed by atoms with Gasteiger partial charge in [-0.05, 0) is 11.6 Å². The zero-order valence-corrected chi connectivity index (χ0v) is 6.94. The zero-order chi connectivity index (χ0) is 8.67. The van der Waals surface area contributed by atoms with E-state index in [2.05, 4.69) is 21.0 Å². The highest BCUT2D eigenvalue weighted by atomic mass is 14.8. The number of hydrogen-bond acceptors (Lipinski definition) is 3. The second-order valence-electron chi connectivity index (χ2n) is 3.04. The number of fused-ring (bicyclic) bond motifs is 3. The summed E-state index contributed by atoms with van der Waals surface area (Å²) < 4.78 is 0. The van der Waals surface area contributed by atoms with Crippen LogP contribution in [0.2, 0.25) is 0 Å². The smallest absolute Gasteiger partial charge is 0.111 e. The first-order chi connectivity index (χ1) is 6.45. The molecule has 0 spiro atoms. The van der Waals surface area contributed by atoms with Crippen molar-refractivity contribution < 1.29 is 0 Å². The van der Waals surface area contributed by atoms with Crippen molar-refractivity contribution in [1.29, 1.82) is 0 Å². The van der Waals surface area contributed by atoms with Crippen molar-refractivity contribution in [2.75, 3.05) is 0 Å². The van der Waals surface area contributed by atoms with Crippen molar-refractivity contribution in [2.45, 2.75) is 6.42 Å². The van der Waals surface area contributed by atoms with Gasteiger partial charge in [0.25, 0.3) is 0 Å². The van der Waals surface area contributed by atoms with E-state index in [9.17, 15) is 0 Å². The number of hydrogen-bond donors (Lipinski definition) is 0. The molecular formula is C10H7N3. The van der Waals surface area contributed by atoms with Crippen LogP contribution in [0.15, 0.2) is 30.7 Å². The quantitative estimate of drug-likeness (QED) is 0.511. The molecule has 3 heteroatoms. The Morgan fingerprint density at radius 1 is 0.923 bits per heavy atom. The van der Waals surface area contributed by atoms with Gasteiger partial charge in [-0.3, -0.25) is 15.0 Å². The van der Waals surface area contributed by atoms with Crippen LogP contribution in [-0.4, -0.2) is 15.0 Å². The van der Waals surface area contributed by atoms with Crippen molar-refractivity contribution >= 4 is 0 Å². The summed E-state index contributed by atoms with van der Waals surface area (Å²) in [5.74, 6) is 0. The molecule has 13 heavy (non-hydrogen) atoms. The normalized spacial score (nSPS) is 12.3. The van der Waals surface area contributed by atoms with Gasteiger partial charge in [-0.15, -0.1) is 0 Å². The number of nitrogens with zero attached hydrogens (tertiary/aromatic N) is 3. The molecule has 3 nitrogen and oxygen atoms in total. The van der Waals surface area contributed by atoms with Gasteiger partial charge < -0.3 is 0 Å². The lowest BCUT2D eigenvalue weighted by atomic mass is 10.2. The molecule has 2 aromatic rings. The lowest BCUT2D eigenvalue weighted by Crippen LogP contribution is -1.87. The van der Waals surface area contributed by atoms with E-state index in [4.69, 9.17) is 0 Å². The molecule has 0 aromatic carbocycles. The largest absolute Gasteiger partial charge is 0.257 e.